The number of hydrogen-bond acceptors (Lipinski definition) is 3. The van der Waals surface area contributed by atoms with Gasteiger partial charge in [-0.1, -0.05) is 23.7 Å². The molecule has 0 spiro atoms. The normalized spacial score (nSPS) is 11.8. The predicted octanol–water partition coefficient (Wildman–Crippen LogP) is 4.07. The summed E-state index contributed by atoms with van der Waals surface area (Å²) in [5.74, 6) is -0.661. The van der Waals surface area contributed by atoms with Gasteiger partial charge in [0.05, 0.1) is 18.6 Å². The van der Waals surface area contributed by atoms with Crippen molar-refractivity contribution in [1.29, 1.82) is 0 Å². The molecular formula is C19H20ClNO4. The highest BCUT2D eigenvalue weighted by atomic mass is 35.5. The Morgan fingerprint density at radius 3 is 2.20 bits per heavy atom. The van der Waals surface area contributed by atoms with E-state index in [1.165, 1.54) is 0 Å². The van der Waals surface area contributed by atoms with Crippen LogP contribution in [-0.4, -0.2) is 23.1 Å². The van der Waals surface area contributed by atoms with E-state index < -0.39 is 12.0 Å². The summed E-state index contributed by atoms with van der Waals surface area (Å²) in [6.07, 6.45) is -0.172. The molecule has 1 atom stereocenters. The van der Waals surface area contributed by atoms with Crippen molar-refractivity contribution in [2.24, 2.45) is 0 Å². The van der Waals surface area contributed by atoms with Crippen molar-refractivity contribution in [1.82, 2.24) is 5.32 Å². The van der Waals surface area contributed by atoms with E-state index in [0.29, 0.717) is 21.9 Å². The molecule has 0 aliphatic carbocycles. The van der Waals surface area contributed by atoms with E-state index in [2.05, 4.69) is 5.32 Å². The van der Waals surface area contributed by atoms with Gasteiger partial charge in [-0.2, -0.15) is 0 Å². The monoisotopic (exact) mass is 361 g/mol. The fourth-order valence-corrected chi connectivity index (χ4v) is 2.45. The topological polar surface area (TPSA) is 75.6 Å². The number of carboxylic acids is 1. The first-order valence-electron chi connectivity index (χ1n) is 7.90. The molecule has 132 valence electrons. The molecule has 0 aliphatic rings. The molecule has 0 bridgehead atoms. The second kappa shape index (κ2) is 8.53. The van der Waals surface area contributed by atoms with E-state index in [9.17, 15) is 9.59 Å². The van der Waals surface area contributed by atoms with Crippen LogP contribution >= 0.6 is 11.6 Å². The van der Waals surface area contributed by atoms with Crippen LogP contribution in [0.2, 0.25) is 5.02 Å². The summed E-state index contributed by atoms with van der Waals surface area (Å²) in [5.41, 5.74) is 1.11. The number of carbonyl (C=O) groups excluding carboxylic acids is 1. The van der Waals surface area contributed by atoms with Gasteiger partial charge in [0, 0.05) is 10.6 Å². The highest BCUT2D eigenvalue weighted by Crippen LogP contribution is 2.22. The minimum absolute atomic E-state index is 0.0465. The number of halogens is 1. The Kier molecular flexibility index (Phi) is 6.42. The van der Waals surface area contributed by atoms with Gasteiger partial charge in [0.15, 0.2) is 0 Å². The molecule has 0 aromatic heterocycles. The molecule has 5 nitrogen and oxygen atoms in total. The summed E-state index contributed by atoms with van der Waals surface area (Å²) >= 11 is 5.82. The van der Waals surface area contributed by atoms with Crippen molar-refractivity contribution >= 4 is 23.5 Å². The first-order valence-corrected chi connectivity index (χ1v) is 8.28. The predicted molar refractivity (Wildman–Crippen MR) is 96.1 cm³/mol. The smallest absolute Gasteiger partial charge is 0.305 e. The van der Waals surface area contributed by atoms with E-state index in [1.54, 1.807) is 48.5 Å². The maximum atomic E-state index is 12.4. The largest absolute Gasteiger partial charge is 0.491 e. The molecule has 0 unspecified atom stereocenters. The fraction of sp³-hybridized carbons (Fsp3) is 0.263. The van der Waals surface area contributed by atoms with Crippen LogP contribution in [-0.2, 0) is 4.79 Å². The summed E-state index contributed by atoms with van der Waals surface area (Å²) < 4.78 is 5.58. The van der Waals surface area contributed by atoms with Gasteiger partial charge in [-0.05, 0) is 55.8 Å². The second-order valence-electron chi connectivity index (χ2n) is 5.87. The summed E-state index contributed by atoms with van der Waals surface area (Å²) in [5, 5.41) is 12.4. The minimum atomic E-state index is -0.996. The summed E-state index contributed by atoms with van der Waals surface area (Å²) in [4.78, 5) is 23.5. The van der Waals surface area contributed by atoms with Crippen LogP contribution in [0.1, 0.15) is 42.2 Å². The van der Waals surface area contributed by atoms with Crippen LogP contribution < -0.4 is 10.1 Å². The molecule has 0 heterocycles. The number of aliphatic carboxylic acids is 1. The van der Waals surface area contributed by atoms with Gasteiger partial charge in [0.2, 0.25) is 0 Å². The van der Waals surface area contributed by atoms with Crippen molar-refractivity contribution in [2.75, 3.05) is 0 Å². The van der Waals surface area contributed by atoms with Crippen molar-refractivity contribution in [3.05, 3.63) is 64.7 Å². The number of ether oxygens (including phenoxy) is 1. The molecule has 0 saturated heterocycles. The first kappa shape index (κ1) is 18.8. The summed E-state index contributed by atoms with van der Waals surface area (Å²) in [6, 6.07) is 12.8. The Morgan fingerprint density at radius 1 is 1.08 bits per heavy atom. The molecule has 0 aliphatic heterocycles. The second-order valence-corrected chi connectivity index (χ2v) is 6.30. The minimum Gasteiger partial charge on any atom is -0.491 e. The number of benzene rings is 2. The molecule has 2 rings (SSSR count). The van der Waals surface area contributed by atoms with Gasteiger partial charge in [0.25, 0.3) is 5.91 Å². The lowest BCUT2D eigenvalue weighted by molar-refractivity contribution is -0.137. The van der Waals surface area contributed by atoms with Gasteiger partial charge >= 0.3 is 5.97 Å². The van der Waals surface area contributed by atoms with Gasteiger partial charge in [-0.25, -0.2) is 0 Å². The Balaban J connectivity index is 2.16. The Bertz CT molecular complexity index is 726. The average molecular weight is 362 g/mol. The van der Waals surface area contributed by atoms with Crippen LogP contribution in [0.3, 0.4) is 0 Å². The third-order valence-electron chi connectivity index (χ3n) is 3.44. The zero-order chi connectivity index (χ0) is 18.4. The van der Waals surface area contributed by atoms with Crippen molar-refractivity contribution in [2.45, 2.75) is 32.4 Å². The standard InChI is InChI=1S/C19H20ClNO4/c1-12(2)25-16-9-5-13(6-10-16)17(11-18(22)23)21-19(24)14-3-7-15(20)8-4-14/h3-10,12,17H,11H2,1-2H3,(H,21,24)(H,22,23)/t17-/m0/s1. The van der Waals surface area contributed by atoms with E-state index in [1.807, 2.05) is 13.8 Å². The number of hydrogen-bond donors (Lipinski definition) is 2. The molecule has 0 saturated carbocycles. The molecule has 2 aromatic rings. The van der Waals surface area contributed by atoms with Gasteiger partial charge in [-0.15, -0.1) is 0 Å². The fourth-order valence-electron chi connectivity index (χ4n) is 2.32. The van der Waals surface area contributed by atoms with Gasteiger partial charge < -0.3 is 15.2 Å². The van der Waals surface area contributed by atoms with Gasteiger partial charge in [0.1, 0.15) is 5.75 Å². The van der Waals surface area contributed by atoms with Crippen LogP contribution in [0.4, 0.5) is 0 Å². The average Bonchev–Trinajstić information content (AvgIpc) is 2.54. The molecule has 1 amide bonds. The molecule has 6 heteroatoms. The Labute approximate surface area is 151 Å². The number of rotatable bonds is 7. The first-order chi connectivity index (χ1) is 11.8. The highest BCUT2D eigenvalue weighted by Gasteiger charge is 2.19. The van der Waals surface area contributed by atoms with Crippen molar-refractivity contribution in [3.63, 3.8) is 0 Å². The number of nitrogens with one attached hydrogen (secondary N) is 1. The van der Waals surface area contributed by atoms with E-state index in [0.717, 1.165) is 0 Å². The maximum Gasteiger partial charge on any atom is 0.305 e. The number of amides is 1. The molecule has 2 N–H and O–H groups in total. The van der Waals surface area contributed by atoms with E-state index in [4.69, 9.17) is 21.4 Å². The lowest BCUT2D eigenvalue weighted by atomic mass is 10.0. The third kappa shape index (κ3) is 5.80. The number of carbonyl (C=O) groups is 2. The third-order valence-corrected chi connectivity index (χ3v) is 3.70. The molecule has 25 heavy (non-hydrogen) atoms. The van der Waals surface area contributed by atoms with Crippen LogP contribution in [0, 0.1) is 0 Å². The van der Waals surface area contributed by atoms with Crippen LogP contribution in [0.5, 0.6) is 5.75 Å². The maximum absolute atomic E-state index is 12.4. The molecule has 0 fully saturated rings. The van der Waals surface area contributed by atoms with Crippen molar-refractivity contribution < 1.29 is 19.4 Å². The summed E-state index contributed by atoms with van der Waals surface area (Å²) in [6.45, 7) is 3.85. The number of carboxylic acid groups (broad SMARTS) is 1. The van der Waals surface area contributed by atoms with Crippen LogP contribution in [0.25, 0.3) is 0 Å². The SMILES string of the molecule is CC(C)Oc1ccc([C@H](CC(=O)O)NC(=O)c2ccc(Cl)cc2)cc1. The lowest BCUT2D eigenvalue weighted by Crippen LogP contribution is -2.30. The highest BCUT2D eigenvalue weighted by molar-refractivity contribution is 6.30. The van der Waals surface area contributed by atoms with Crippen molar-refractivity contribution in [3.8, 4) is 5.75 Å². The zero-order valence-electron chi connectivity index (χ0n) is 14.0. The summed E-state index contributed by atoms with van der Waals surface area (Å²) in [7, 11) is 0. The van der Waals surface area contributed by atoms with Crippen LogP contribution in [0.15, 0.2) is 48.5 Å². The molecule has 0 radical (unpaired) electrons. The lowest BCUT2D eigenvalue weighted by Gasteiger charge is -2.18. The Hall–Kier alpha value is -2.53. The van der Waals surface area contributed by atoms with E-state index in [-0.39, 0.29) is 18.4 Å². The molecular weight excluding hydrogens is 342 g/mol. The van der Waals surface area contributed by atoms with Gasteiger partial charge in [-0.3, -0.25) is 9.59 Å². The molecule has 2 aromatic carbocycles. The quantitative estimate of drug-likeness (QED) is 0.779. The Morgan fingerprint density at radius 2 is 1.68 bits per heavy atom. The van der Waals surface area contributed by atoms with E-state index >= 15 is 0 Å². The zero-order valence-corrected chi connectivity index (χ0v) is 14.8.